The predicted octanol–water partition coefficient (Wildman–Crippen LogP) is 5.13. The summed E-state index contributed by atoms with van der Waals surface area (Å²) in [4.78, 5) is 28.9. The number of rotatable bonds is 13. The number of carbonyl (C=O) groups excluding carboxylic acids is 2. The van der Waals surface area contributed by atoms with Gasteiger partial charge in [-0.1, -0.05) is 88.4 Å². The van der Waals surface area contributed by atoms with Crippen molar-refractivity contribution in [1.29, 1.82) is 0 Å². The highest BCUT2D eigenvalue weighted by Crippen LogP contribution is 2.23. The Morgan fingerprint density at radius 2 is 1.49 bits per heavy atom. The van der Waals surface area contributed by atoms with Crippen molar-refractivity contribution < 1.29 is 22.4 Å². The van der Waals surface area contributed by atoms with Gasteiger partial charge >= 0.3 is 0 Å². The summed E-state index contributed by atoms with van der Waals surface area (Å²) in [6.45, 7) is 7.63. The number of benzene rings is 3. The molecule has 1 N–H and O–H groups in total. The molecule has 0 aliphatic rings. The molecule has 0 fully saturated rings. The summed E-state index contributed by atoms with van der Waals surface area (Å²) in [6.07, 6.45) is 1.21. The third-order valence-corrected chi connectivity index (χ3v) is 7.92. The summed E-state index contributed by atoms with van der Waals surface area (Å²) in [7, 11) is -3.88. The first-order chi connectivity index (χ1) is 19.4. The zero-order valence-electron chi connectivity index (χ0n) is 24.4. The van der Waals surface area contributed by atoms with E-state index in [4.69, 9.17) is 0 Å². The van der Waals surface area contributed by atoms with Gasteiger partial charge in [0.05, 0.1) is 11.9 Å². The number of anilines is 1. The molecule has 0 radical (unpaired) electrons. The van der Waals surface area contributed by atoms with Crippen LogP contribution in [-0.2, 0) is 32.6 Å². The highest BCUT2D eigenvalue weighted by Gasteiger charge is 2.33. The molecular formula is C32H40FN3O4S. The Balaban J connectivity index is 2.05. The topological polar surface area (TPSA) is 86.8 Å². The van der Waals surface area contributed by atoms with E-state index < -0.39 is 34.3 Å². The van der Waals surface area contributed by atoms with E-state index >= 15 is 0 Å². The van der Waals surface area contributed by atoms with Gasteiger partial charge < -0.3 is 10.2 Å². The molecule has 7 nitrogen and oxygen atoms in total. The van der Waals surface area contributed by atoms with E-state index in [-0.39, 0.29) is 36.3 Å². The monoisotopic (exact) mass is 581 g/mol. The van der Waals surface area contributed by atoms with Crippen LogP contribution in [0.15, 0.2) is 78.9 Å². The highest BCUT2D eigenvalue weighted by atomic mass is 32.2. The SMILES string of the molecule is CC(C)CNC(=O)[C@H](Cc1ccccc1)N(Cc1ccccc1F)C(=O)CN(c1ccc(C(C)C)cc1)S(C)(=O)=O. The maximum atomic E-state index is 14.8. The zero-order chi connectivity index (χ0) is 30.2. The molecule has 41 heavy (non-hydrogen) atoms. The lowest BCUT2D eigenvalue weighted by Crippen LogP contribution is -2.53. The Bertz CT molecular complexity index is 1410. The van der Waals surface area contributed by atoms with Crippen LogP contribution in [0.3, 0.4) is 0 Å². The van der Waals surface area contributed by atoms with Crippen LogP contribution >= 0.6 is 0 Å². The van der Waals surface area contributed by atoms with Crippen LogP contribution in [0.25, 0.3) is 0 Å². The number of halogens is 1. The lowest BCUT2D eigenvalue weighted by molar-refractivity contribution is -0.140. The molecule has 1 atom stereocenters. The second-order valence-corrected chi connectivity index (χ2v) is 12.9. The quantitative estimate of drug-likeness (QED) is 0.303. The van der Waals surface area contributed by atoms with Crippen molar-refractivity contribution in [3.05, 3.63) is 101 Å². The average Bonchev–Trinajstić information content (AvgIpc) is 2.93. The second-order valence-electron chi connectivity index (χ2n) is 11.0. The number of amides is 2. The molecular weight excluding hydrogens is 541 g/mol. The van der Waals surface area contributed by atoms with Crippen molar-refractivity contribution in [1.82, 2.24) is 10.2 Å². The van der Waals surface area contributed by atoms with Crippen LogP contribution in [0, 0.1) is 11.7 Å². The lowest BCUT2D eigenvalue weighted by Gasteiger charge is -2.33. The van der Waals surface area contributed by atoms with Gasteiger partial charge in [0.15, 0.2) is 0 Å². The minimum Gasteiger partial charge on any atom is -0.354 e. The van der Waals surface area contributed by atoms with Gasteiger partial charge in [0.1, 0.15) is 18.4 Å². The van der Waals surface area contributed by atoms with Gasteiger partial charge in [0.2, 0.25) is 21.8 Å². The van der Waals surface area contributed by atoms with Crippen molar-refractivity contribution >= 4 is 27.5 Å². The zero-order valence-corrected chi connectivity index (χ0v) is 25.2. The average molecular weight is 582 g/mol. The van der Waals surface area contributed by atoms with Gasteiger partial charge in [-0.2, -0.15) is 0 Å². The molecule has 0 saturated heterocycles. The number of sulfonamides is 1. The molecule has 2 amide bonds. The summed E-state index contributed by atoms with van der Waals surface area (Å²) in [6, 6.07) is 21.3. The summed E-state index contributed by atoms with van der Waals surface area (Å²) < 4.78 is 41.7. The fraction of sp³-hybridized carbons (Fsp3) is 0.375. The fourth-order valence-electron chi connectivity index (χ4n) is 4.43. The van der Waals surface area contributed by atoms with E-state index in [0.717, 1.165) is 21.7 Å². The predicted molar refractivity (Wildman–Crippen MR) is 161 cm³/mol. The van der Waals surface area contributed by atoms with Gasteiger partial charge in [0, 0.05) is 25.1 Å². The number of hydrogen-bond acceptors (Lipinski definition) is 4. The standard InChI is InChI=1S/C32H40FN3O4S/c1-23(2)20-34-32(38)30(19-25-11-7-6-8-12-25)35(21-27-13-9-10-14-29(27)33)31(37)22-36(41(5,39)40)28-17-15-26(16-18-28)24(3)4/h6-18,23-24,30H,19-22H2,1-5H3,(H,34,38)/t30-/m0/s1. The molecule has 0 aromatic heterocycles. The van der Waals surface area contributed by atoms with Gasteiger partial charge in [-0.25, -0.2) is 12.8 Å². The molecule has 220 valence electrons. The molecule has 0 heterocycles. The largest absolute Gasteiger partial charge is 0.354 e. The summed E-state index contributed by atoms with van der Waals surface area (Å²) in [5.74, 6) is -1.11. The summed E-state index contributed by atoms with van der Waals surface area (Å²) >= 11 is 0. The highest BCUT2D eigenvalue weighted by molar-refractivity contribution is 7.92. The molecule has 9 heteroatoms. The lowest BCUT2D eigenvalue weighted by atomic mass is 10.0. The minimum atomic E-state index is -3.88. The minimum absolute atomic E-state index is 0.168. The maximum Gasteiger partial charge on any atom is 0.244 e. The Hall–Kier alpha value is -3.72. The molecule has 0 saturated carbocycles. The van der Waals surface area contributed by atoms with Crippen molar-refractivity contribution in [2.45, 2.75) is 52.6 Å². The van der Waals surface area contributed by atoms with Crippen LogP contribution in [-0.4, -0.2) is 50.5 Å². The third kappa shape index (κ3) is 9.14. The van der Waals surface area contributed by atoms with Crippen molar-refractivity contribution in [3.63, 3.8) is 0 Å². The van der Waals surface area contributed by atoms with Crippen molar-refractivity contribution in [2.24, 2.45) is 5.92 Å². The van der Waals surface area contributed by atoms with E-state index in [9.17, 15) is 22.4 Å². The molecule has 0 bridgehead atoms. The van der Waals surface area contributed by atoms with E-state index in [1.807, 2.05) is 70.2 Å². The smallest absolute Gasteiger partial charge is 0.244 e. The maximum absolute atomic E-state index is 14.8. The normalized spacial score (nSPS) is 12.3. The molecule has 0 aliphatic carbocycles. The molecule has 3 aromatic rings. The van der Waals surface area contributed by atoms with E-state index in [0.29, 0.717) is 12.2 Å². The summed E-state index contributed by atoms with van der Waals surface area (Å²) in [5.41, 5.74) is 2.40. The Kier molecular flexibility index (Phi) is 11.1. The number of carbonyl (C=O) groups is 2. The van der Waals surface area contributed by atoms with Crippen molar-refractivity contribution in [3.8, 4) is 0 Å². The van der Waals surface area contributed by atoms with Crippen LogP contribution in [0.5, 0.6) is 0 Å². The number of nitrogens with one attached hydrogen (secondary N) is 1. The first-order valence-corrected chi connectivity index (χ1v) is 15.6. The number of hydrogen-bond donors (Lipinski definition) is 1. The number of nitrogens with zero attached hydrogens (tertiary/aromatic N) is 2. The molecule has 0 aliphatic heterocycles. The fourth-order valence-corrected chi connectivity index (χ4v) is 5.28. The first kappa shape index (κ1) is 31.8. The van der Waals surface area contributed by atoms with Gasteiger partial charge in [-0.15, -0.1) is 0 Å². The van der Waals surface area contributed by atoms with Crippen molar-refractivity contribution in [2.75, 3.05) is 23.7 Å². The van der Waals surface area contributed by atoms with Crippen LogP contribution in [0.2, 0.25) is 0 Å². The van der Waals surface area contributed by atoms with Gasteiger partial charge in [-0.05, 0) is 41.2 Å². The Labute approximate surface area is 243 Å². The molecule has 3 rings (SSSR count). The molecule has 0 spiro atoms. The first-order valence-electron chi connectivity index (χ1n) is 13.8. The Morgan fingerprint density at radius 3 is 2.05 bits per heavy atom. The van der Waals surface area contributed by atoms with Gasteiger partial charge in [0.25, 0.3) is 0 Å². The van der Waals surface area contributed by atoms with Gasteiger partial charge in [-0.3, -0.25) is 13.9 Å². The third-order valence-electron chi connectivity index (χ3n) is 6.78. The van der Waals surface area contributed by atoms with Crippen LogP contribution in [0.4, 0.5) is 10.1 Å². The van der Waals surface area contributed by atoms with E-state index in [2.05, 4.69) is 5.32 Å². The Morgan fingerprint density at radius 1 is 0.878 bits per heavy atom. The van der Waals surface area contributed by atoms with E-state index in [1.165, 1.54) is 11.0 Å². The second kappa shape index (κ2) is 14.3. The molecule has 3 aromatic carbocycles. The summed E-state index contributed by atoms with van der Waals surface area (Å²) in [5, 5.41) is 2.91. The van der Waals surface area contributed by atoms with E-state index in [1.54, 1.807) is 30.3 Å². The van der Waals surface area contributed by atoms with Crippen LogP contribution in [0.1, 0.15) is 50.3 Å². The van der Waals surface area contributed by atoms with Crippen LogP contribution < -0.4 is 9.62 Å². The molecule has 0 unspecified atom stereocenters.